The molecule has 0 aliphatic heterocycles. The lowest BCUT2D eigenvalue weighted by Crippen LogP contribution is -2.35. The predicted octanol–water partition coefficient (Wildman–Crippen LogP) is 3.93. The van der Waals surface area contributed by atoms with Gasteiger partial charge in [0.1, 0.15) is 17.5 Å². The van der Waals surface area contributed by atoms with Crippen LogP contribution in [0.1, 0.15) is 37.2 Å². The van der Waals surface area contributed by atoms with E-state index in [4.69, 9.17) is 5.14 Å². The van der Waals surface area contributed by atoms with E-state index in [1.165, 1.54) is 18.2 Å². The lowest BCUT2D eigenvalue weighted by atomic mass is 9.70. The number of hydrogen-bond acceptors (Lipinski definition) is 3. The molecule has 33 heavy (non-hydrogen) atoms. The van der Waals surface area contributed by atoms with E-state index in [-0.39, 0.29) is 41.9 Å². The highest BCUT2D eigenvalue weighted by Gasteiger charge is 2.34. The Hall–Kier alpha value is -2.85. The van der Waals surface area contributed by atoms with Crippen molar-refractivity contribution in [2.75, 3.05) is 12.3 Å². The van der Waals surface area contributed by atoms with Crippen LogP contribution in [0.2, 0.25) is 0 Å². The van der Waals surface area contributed by atoms with Crippen LogP contribution in [0, 0.1) is 23.4 Å². The zero-order valence-corrected chi connectivity index (χ0v) is 18.5. The topological polar surface area (TPSA) is 105 Å². The Morgan fingerprint density at radius 2 is 1.79 bits per heavy atom. The smallest absolute Gasteiger partial charge is 0.220 e. The number of aromatic nitrogens is 1. The van der Waals surface area contributed by atoms with Crippen molar-refractivity contribution < 1.29 is 26.4 Å². The molecule has 0 unspecified atom stereocenters. The van der Waals surface area contributed by atoms with Crippen molar-refractivity contribution in [3.05, 3.63) is 59.4 Å². The number of fused-ring (bicyclic) bond motifs is 1. The number of carbonyl (C=O) groups is 1. The maximum absolute atomic E-state index is 14.4. The number of nitrogens with one attached hydrogen (secondary N) is 2. The van der Waals surface area contributed by atoms with Crippen LogP contribution in [0.3, 0.4) is 0 Å². The average molecular weight is 480 g/mol. The quantitative estimate of drug-likeness (QED) is 0.456. The minimum Gasteiger partial charge on any atom is -0.356 e. The molecular formula is C23H24F3N3O3S. The molecule has 0 saturated heterocycles. The van der Waals surface area contributed by atoms with Gasteiger partial charge < -0.3 is 10.3 Å². The van der Waals surface area contributed by atoms with Crippen LogP contribution in [0.15, 0.2) is 36.4 Å². The summed E-state index contributed by atoms with van der Waals surface area (Å²) in [5, 5.41) is 8.19. The maximum atomic E-state index is 14.4. The normalized spacial score (nSPS) is 18.3. The van der Waals surface area contributed by atoms with Gasteiger partial charge >= 0.3 is 0 Å². The third kappa shape index (κ3) is 5.39. The fourth-order valence-corrected chi connectivity index (χ4v) is 4.97. The van der Waals surface area contributed by atoms with Crippen LogP contribution in [0.25, 0.3) is 22.2 Å². The van der Waals surface area contributed by atoms with Gasteiger partial charge in [-0.1, -0.05) is 0 Å². The second-order valence-corrected chi connectivity index (χ2v) is 10.3. The van der Waals surface area contributed by atoms with E-state index in [1.54, 1.807) is 12.1 Å². The highest BCUT2D eigenvalue weighted by atomic mass is 32.2. The van der Waals surface area contributed by atoms with Crippen LogP contribution in [-0.4, -0.2) is 31.6 Å². The first-order chi connectivity index (χ1) is 15.6. The number of primary sulfonamides is 1. The lowest BCUT2D eigenvalue weighted by Gasteiger charge is -2.36. The molecule has 6 nitrogen and oxygen atoms in total. The van der Waals surface area contributed by atoms with Crippen LogP contribution in [0.5, 0.6) is 0 Å². The van der Waals surface area contributed by atoms with Crippen molar-refractivity contribution in [2.45, 2.75) is 31.6 Å². The molecule has 176 valence electrons. The minimum atomic E-state index is -3.59. The zero-order chi connectivity index (χ0) is 23.8. The van der Waals surface area contributed by atoms with E-state index >= 15 is 0 Å². The highest BCUT2D eigenvalue weighted by molar-refractivity contribution is 7.89. The monoisotopic (exact) mass is 479 g/mol. The number of sulfonamides is 1. The summed E-state index contributed by atoms with van der Waals surface area (Å²) in [4.78, 5) is 15.0. The van der Waals surface area contributed by atoms with Gasteiger partial charge in [-0.15, -0.1) is 0 Å². The Morgan fingerprint density at radius 1 is 1.09 bits per heavy atom. The van der Waals surface area contributed by atoms with Crippen molar-refractivity contribution in [2.24, 2.45) is 11.1 Å². The summed E-state index contributed by atoms with van der Waals surface area (Å²) in [6, 6.07) is 7.95. The zero-order valence-electron chi connectivity index (χ0n) is 17.7. The fraction of sp³-hybridized carbons (Fsp3) is 0.348. The number of benzene rings is 2. The number of rotatable bonds is 8. The van der Waals surface area contributed by atoms with Gasteiger partial charge in [0.2, 0.25) is 15.9 Å². The molecule has 2 aromatic carbocycles. The fourth-order valence-electron chi connectivity index (χ4n) is 4.43. The van der Waals surface area contributed by atoms with Crippen molar-refractivity contribution in [1.82, 2.24) is 10.3 Å². The van der Waals surface area contributed by atoms with Crippen molar-refractivity contribution >= 4 is 26.8 Å². The number of amides is 1. The Bertz CT molecular complexity index is 1280. The summed E-state index contributed by atoms with van der Waals surface area (Å²) in [5.41, 5.74) is 2.29. The van der Waals surface area contributed by atoms with Crippen LogP contribution >= 0.6 is 0 Å². The largest absolute Gasteiger partial charge is 0.356 e. The summed E-state index contributed by atoms with van der Waals surface area (Å²) in [6.07, 6.45) is 1.64. The van der Waals surface area contributed by atoms with Crippen LogP contribution in [0.4, 0.5) is 13.2 Å². The van der Waals surface area contributed by atoms with Crippen LogP contribution in [-0.2, 0) is 14.8 Å². The third-order valence-corrected chi connectivity index (χ3v) is 6.92. The Balaban J connectivity index is 1.47. The molecule has 4 N–H and O–H groups in total. The number of nitrogens with two attached hydrogens (primary N) is 1. The highest BCUT2D eigenvalue weighted by Crippen LogP contribution is 2.48. The summed E-state index contributed by atoms with van der Waals surface area (Å²) in [5.74, 6) is -2.05. The molecule has 4 rings (SSSR count). The number of hydrogen-bond donors (Lipinski definition) is 3. The van der Waals surface area contributed by atoms with Gasteiger partial charge in [-0.3, -0.25) is 4.79 Å². The van der Waals surface area contributed by atoms with Gasteiger partial charge in [-0.05, 0) is 72.6 Å². The summed E-state index contributed by atoms with van der Waals surface area (Å²) in [6.45, 7) is 0.432. The molecule has 1 heterocycles. The second kappa shape index (κ2) is 9.18. The van der Waals surface area contributed by atoms with E-state index < -0.39 is 27.5 Å². The average Bonchev–Trinajstić information content (AvgIpc) is 3.06. The molecule has 0 atom stereocenters. The van der Waals surface area contributed by atoms with E-state index in [0.717, 1.165) is 11.6 Å². The first-order valence-corrected chi connectivity index (χ1v) is 12.4. The predicted molar refractivity (Wildman–Crippen MR) is 119 cm³/mol. The maximum Gasteiger partial charge on any atom is 0.220 e. The molecule has 3 aromatic rings. The summed E-state index contributed by atoms with van der Waals surface area (Å²) in [7, 11) is -3.59. The van der Waals surface area contributed by atoms with Gasteiger partial charge in [0.15, 0.2) is 0 Å². The Kier molecular flexibility index (Phi) is 6.49. The lowest BCUT2D eigenvalue weighted by molar-refractivity contribution is -0.121. The number of carbonyl (C=O) groups excluding carboxylic acids is 1. The van der Waals surface area contributed by atoms with Gasteiger partial charge in [0.25, 0.3) is 0 Å². The van der Waals surface area contributed by atoms with Crippen LogP contribution < -0.4 is 10.5 Å². The molecule has 1 amide bonds. The standard InChI is InChI=1S/C23H24F3N3O3S/c24-16-5-3-14(4-6-16)22-21(18-10-17(25)11-19(26)23(18)29-22)15-8-13(9-15)12-28-20(30)2-1-7-33(27,31)32/h3-6,10-11,13,15,29H,1-2,7-9,12H2,(H,28,30)(H2,27,31,32)/t13-,15+. The van der Waals surface area contributed by atoms with Gasteiger partial charge in [-0.25, -0.2) is 26.7 Å². The molecule has 0 spiro atoms. The van der Waals surface area contributed by atoms with Gasteiger partial charge in [-0.2, -0.15) is 0 Å². The van der Waals surface area contributed by atoms with Crippen molar-refractivity contribution in [1.29, 1.82) is 0 Å². The molecule has 1 aliphatic carbocycles. The molecule has 10 heteroatoms. The Labute approximate surface area is 189 Å². The first-order valence-electron chi connectivity index (χ1n) is 10.6. The summed E-state index contributed by atoms with van der Waals surface area (Å²) < 4.78 is 63.7. The number of H-pyrrole nitrogens is 1. The minimum absolute atomic E-state index is 0.0179. The van der Waals surface area contributed by atoms with E-state index in [2.05, 4.69) is 10.3 Å². The molecule has 1 aromatic heterocycles. The van der Waals surface area contributed by atoms with Crippen molar-refractivity contribution in [3.63, 3.8) is 0 Å². The molecule has 1 aliphatic rings. The molecule has 0 bridgehead atoms. The van der Waals surface area contributed by atoms with E-state index in [1.807, 2.05) is 0 Å². The van der Waals surface area contributed by atoms with Gasteiger partial charge in [0, 0.05) is 24.4 Å². The Morgan fingerprint density at radius 3 is 2.45 bits per heavy atom. The van der Waals surface area contributed by atoms with Gasteiger partial charge in [0.05, 0.1) is 17.0 Å². The first kappa shape index (κ1) is 23.3. The van der Waals surface area contributed by atoms with E-state index in [9.17, 15) is 26.4 Å². The molecule has 1 fully saturated rings. The summed E-state index contributed by atoms with van der Waals surface area (Å²) >= 11 is 0. The number of aromatic amines is 1. The van der Waals surface area contributed by atoms with Crippen molar-refractivity contribution in [3.8, 4) is 11.3 Å². The number of halogens is 3. The van der Waals surface area contributed by atoms with E-state index in [0.29, 0.717) is 36.0 Å². The third-order valence-electron chi connectivity index (χ3n) is 6.06. The molecular weight excluding hydrogens is 455 g/mol. The molecule has 1 saturated carbocycles. The molecule has 0 radical (unpaired) electrons. The SMILES string of the molecule is NS(=O)(=O)CCCC(=O)NC[C@H]1C[C@@H](c2c(-c3ccc(F)cc3)[nH]c3c(F)cc(F)cc32)C1. The second-order valence-electron chi connectivity index (χ2n) is 8.54.